The van der Waals surface area contributed by atoms with Crippen LogP contribution in [0.5, 0.6) is 0 Å². The van der Waals surface area contributed by atoms with Gasteiger partial charge in [0.2, 0.25) is 10.0 Å². The lowest BCUT2D eigenvalue weighted by Crippen LogP contribution is -2.26. The Labute approximate surface area is 149 Å². The van der Waals surface area contributed by atoms with Gasteiger partial charge in [0.1, 0.15) is 0 Å². The molecule has 0 saturated heterocycles. The number of benzene rings is 2. The maximum Gasteiger partial charge on any atom is 0.251 e. The highest BCUT2D eigenvalue weighted by atomic mass is 32.2. The topological polar surface area (TPSA) is 66.5 Å². The van der Waals surface area contributed by atoms with Crippen LogP contribution in [0.15, 0.2) is 48.5 Å². The lowest BCUT2D eigenvalue weighted by molar-refractivity contribution is 0.0953. The second-order valence-corrected chi connectivity index (χ2v) is 8.14. The molecule has 2 aromatic rings. The molecule has 2 aromatic carbocycles. The predicted octanol–water partition coefficient (Wildman–Crippen LogP) is 2.75. The molecular formula is C19H24N2O3S. The van der Waals surface area contributed by atoms with Crippen molar-refractivity contribution in [2.45, 2.75) is 19.8 Å². The number of amides is 1. The number of sulfonamides is 1. The van der Waals surface area contributed by atoms with Gasteiger partial charge in [-0.05, 0) is 49.6 Å². The minimum atomic E-state index is -3.30. The number of rotatable bonds is 7. The Balaban J connectivity index is 1.84. The fourth-order valence-electron chi connectivity index (χ4n) is 2.48. The van der Waals surface area contributed by atoms with Gasteiger partial charge in [-0.25, -0.2) is 8.42 Å². The number of nitrogens with one attached hydrogen (secondary N) is 1. The van der Waals surface area contributed by atoms with Crippen molar-refractivity contribution >= 4 is 21.6 Å². The Bertz CT molecular complexity index is 830. The van der Waals surface area contributed by atoms with Crippen LogP contribution in [0.25, 0.3) is 0 Å². The van der Waals surface area contributed by atoms with Crippen LogP contribution in [-0.2, 0) is 16.4 Å². The first kappa shape index (κ1) is 19.0. The summed E-state index contributed by atoms with van der Waals surface area (Å²) in [5.74, 6) is -0.155. The van der Waals surface area contributed by atoms with Crippen molar-refractivity contribution in [3.63, 3.8) is 0 Å². The van der Waals surface area contributed by atoms with E-state index in [1.54, 1.807) is 24.3 Å². The van der Waals surface area contributed by atoms with E-state index >= 15 is 0 Å². The summed E-state index contributed by atoms with van der Waals surface area (Å²) < 4.78 is 24.2. The Morgan fingerprint density at radius 3 is 2.40 bits per heavy atom. The summed E-state index contributed by atoms with van der Waals surface area (Å²) in [4.78, 5) is 12.1. The van der Waals surface area contributed by atoms with Gasteiger partial charge < -0.3 is 5.32 Å². The summed E-state index contributed by atoms with van der Waals surface area (Å²) >= 11 is 0. The smallest absolute Gasteiger partial charge is 0.251 e. The summed E-state index contributed by atoms with van der Waals surface area (Å²) in [7, 11) is -1.82. The van der Waals surface area contributed by atoms with Crippen molar-refractivity contribution in [3.05, 3.63) is 65.2 Å². The molecule has 6 heteroatoms. The maximum absolute atomic E-state index is 12.1. The molecule has 25 heavy (non-hydrogen) atoms. The van der Waals surface area contributed by atoms with E-state index in [0.717, 1.165) is 19.1 Å². The third kappa shape index (κ3) is 5.60. The number of hydrogen-bond donors (Lipinski definition) is 1. The molecule has 2 rings (SSSR count). The predicted molar refractivity (Wildman–Crippen MR) is 102 cm³/mol. The molecule has 0 bridgehead atoms. The fraction of sp³-hybridized carbons (Fsp3) is 0.316. The molecule has 1 amide bonds. The lowest BCUT2D eigenvalue weighted by atomic mass is 10.1. The SMILES string of the molecule is Cc1cccc(CCCNC(=O)c2ccc(N(C)S(C)(=O)=O)cc2)c1. The van der Waals surface area contributed by atoms with Gasteiger partial charge in [-0.15, -0.1) is 0 Å². The van der Waals surface area contributed by atoms with E-state index in [2.05, 4.69) is 30.4 Å². The van der Waals surface area contributed by atoms with Gasteiger partial charge in [0.25, 0.3) is 5.91 Å². The van der Waals surface area contributed by atoms with Gasteiger partial charge in [0.05, 0.1) is 11.9 Å². The van der Waals surface area contributed by atoms with E-state index in [-0.39, 0.29) is 5.91 Å². The Morgan fingerprint density at radius 1 is 1.12 bits per heavy atom. The van der Waals surface area contributed by atoms with E-state index < -0.39 is 10.0 Å². The van der Waals surface area contributed by atoms with Gasteiger partial charge in [0, 0.05) is 19.2 Å². The van der Waals surface area contributed by atoms with E-state index in [9.17, 15) is 13.2 Å². The van der Waals surface area contributed by atoms with Crippen LogP contribution >= 0.6 is 0 Å². The molecule has 0 aliphatic rings. The van der Waals surface area contributed by atoms with Crippen molar-refractivity contribution in [2.75, 3.05) is 24.2 Å². The third-order valence-corrected chi connectivity index (χ3v) is 5.21. The van der Waals surface area contributed by atoms with Crippen molar-refractivity contribution < 1.29 is 13.2 Å². The van der Waals surface area contributed by atoms with Crippen molar-refractivity contribution in [2.24, 2.45) is 0 Å². The molecule has 5 nitrogen and oxygen atoms in total. The van der Waals surface area contributed by atoms with Crippen molar-refractivity contribution in [1.82, 2.24) is 5.32 Å². The molecule has 0 heterocycles. The Kier molecular flexibility index (Phi) is 6.20. The second-order valence-electron chi connectivity index (χ2n) is 6.13. The quantitative estimate of drug-likeness (QED) is 0.772. The Morgan fingerprint density at radius 2 is 1.80 bits per heavy atom. The number of carbonyl (C=O) groups is 1. The second kappa shape index (κ2) is 8.16. The number of carbonyl (C=O) groups excluding carboxylic acids is 1. The highest BCUT2D eigenvalue weighted by Gasteiger charge is 2.12. The molecule has 0 aliphatic heterocycles. The summed E-state index contributed by atoms with van der Waals surface area (Å²) in [6.45, 7) is 2.66. The Hall–Kier alpha value is -2.34. The molecule has 0 atom stereocenters. The zero-order valence-electron chi connectivity index (χ0n) is 14.8. The standard InChI is InChI=1S/C19H24N2O3S/c1-15-6-4-7-16(14-15)8-5-13-20-19(22)17-9-11-18(12-10-17)21(2)25(3,23)24/h4,6-7,9-12,14H,5,8,13H2,1-3H3,(H,20,22). The van der Waals surface area contributed by atoms with E-state index in [0.29, 0.717) is 17.8 Å². The monoisotopic (exact) mass is 360 g/mol. The summed E-state index contributed by atoms with van der Waals surface area (Å²) in [5, 5.41) is 2.89. The first-order valence-corrected chi connectivity index (χ1v) is 10.00. The molecular weight excluding hydrogens is 336 g/mol. The van der Waals surface area contributed by atoms with Gasteiger partial charge >= 0.3 is 0 Å². The summed E-state index contributed by atoms with van der Waals surface area (Å²) in [5.41, 5.74) is 3.54. The number of aryl methyl sites for hydroxylation is 2. The van der Waals surface area contributed by atoms with Crippen LogP contribution in [0, 0.1) is 6.92 Å². The van der Waals surface area contributed by atoms with Crippen LogP contribution in [-0.4, -0.2) is 34.2 Å². The minimum absolute atomic E-state index is 0.155. The molecule has 1 N–H and O–H groups in total. The highest BCUT2D eigenvalue weighted by molar-refractivity contribution is 7.92. The molecule has 0 aromatic heterocycles. The number of nitrogens with zero attached hydrogens (tertiary/aromatic N) is 1. The average molecular weight is 360 g/mol. The zero-order valence-corrected chi connectivity index (χ0v) is 15.6. The molecule has 0 spiro atoms. The normalized spacial score (nSPS) is 11.2. The van der Waals surface area contributed by atoms with Crippen molar-refractivity contribution in [3.8, 4) is 0 Å². The average Bonchev–Trinajstić information content (AvgIpc) is 2.57. The van der Waals surface area contributed by atoms with Gasteiger partial charge in [-0.3, -0.25) is 9.10 Å². The van der Waals surface area contributed by atoms with Gasteiger partial charge in [-0.2, -0.15) is 0 Å². The third-order valence-electron chi connectivity index (χ3n) is 4.00. The fourth-order valence-corrected chi connectivity index (χ4v) is 2.98. The largest absolute Gasteiger partial charge is 0.352 e. The summed E-state index contributed by atoms with van der Waals surface area (Å²) in [6.07, 6.45) is 2.92. The maximum atomic E-state index is 12.1. The van der Waals surface area contributed by atoms with Crippen LogP contribution in [0.1, 0.15) is 27.9 Å². The number of hydrogen-bond acceptors (Lipinski definition) is 3. The number of anilines is 1. The van der Waals surface area contributed by atoms with E-state index in [1.165, 1.54) is 22.5 Å². The first-order valence-electron chi connectivity index (χ1n) is 8.15. The molecule has 0 aliphatic carbocycles. The summed E-state index contributed by atoms with van der Waals surface area (Å²) in [6, 6.07) is 14.9. The van der Waals surface area contributed by atoms with Crippen LogP contribution in [0.4, 0.5) is 5.69 Å². The molecule has 0 fully saturated rings. The molecule has 0 saturated carbocycles. The van der Waals surface area contributed by atoms with Crippen LogP contribution in [0.2, 0.25) is 0 Å². The zero-order chi connectivity index (χ0) is 18.4. The van der Waals surface area contributed by atoms with E-state index in [1.807, 2.05) is 6.07 Å². The van der Waals surface area contributed by atoms with Crippen LogP contribution in [0.3, 0.4) is 0 Å². The molecule has 134 valence electrons. The van der Waals surface area contributed by atoms with Gasteiger partial charge in [0.15, 0.2) is 0 Å². The first-order chi connectivity index (χ1) is 11.8. The highest BCUT2D eigenvalue weighted by Crippen LogP contribution is 2.16. The molecule has 0 unspecified atom stereocenters. The van der Waals surface area contributed by atoms with Crippen LogP contribution < -0.4 is 9.62 Å². The minimum Gasteiger partial charge on any atom is -0.352 e. The van der Waals surface area contributed by atoms with Crippen molar-refractivity contribution in [1.29, 1.82) is 0 Å². The van der Waals surface area contributed by atoms with Gasteiger partial charge in [-0.1, -0.05) is 29.8 Å². The lowest BCUT2D eigenvalue weighted by Gasteiger charge is -2.16. The molecule has 0 radical (unpaired) electrons. The van der Waals surface area contributed by atoms with E-state index in [4.69, 9.17) is 0 Å².